The molecule has 2 aromatic heterocycles. The fraction of sp³-hybridized carbons (Fsp3) is 0.300. The molecule has 1 aliphatic heterocycles. The number of likely N-dealkylation sites (tertiary alicyclic amines) is 1. The number of carbonyl (C=O) groups excluding carboxylic acids is 1. The molecule has 0 saturated carbocycles. The number of piperidine rings is 1. The minimum Gasteiger partial charge on any atom is -0.334 e. The molecule has 1 saturated heterocycles. The molecule has 6 nitrogen and oxygen atoms in total. The third kappa shape index (κ3) is 3.10. The molecule has 0 unspecified atom stereocenters. The molecule has 6 heteroatoms. The number of amides is 1. The van der Waals surface area contributed by atoms with E-state index in [2.05, 4.69) is 10.1 Å². The van der Waals surface area contributed by atoms with E-state index in [0.717, 1.165) is 30.2 Å². The Balaban J connectivity index is 1.61. The number of carbonyl (C=O) groups is 1. The zero-order valence-corrected chi connectivity index (χ0v) is 14.4. The Kier molecular flexibility index (Phi) is 4.48. The standard InChI is InChI=1S/C20H20N4O2/c25-19(14-24-20(26)17-8-2-1-6-15(17)13-22-24)23-11-4-3-9-18(23)16-7-5-10-21-12-16/h1-2,5-8,10,12-13,18H,3-4,9,11,14H2/t18-/m0/s1. The molecule has 0 spiro atoms. The second-order valence-corrected chi connectivity index (χ2v) is 6.58. The Bertz CT molecular complexity index is 984. The Morgan fingerprint density at radius 3 is 2.85 bits per heavy atom. The second kappa shape index (κ2) is 7.07. The summed E-state index contributed by atoms with van der Waals surface area (Å²) in [5.41, 5.74) is 0.811. The van der Waals surface area contributed by atoms with Crippen LogP contribution in [0.3, 0.4) is 0 Å². The van der Waals surface area contributed by atoms with Crippen LogP contribution in [0.5, 0.6) is 0 Å². The Morgan fingerprint density at radius 1 is 1.12 bits per heavy atom. The second-order valence-electron chi connectivity index (χ2n) is 6.58. The van der Waals surface area contributed by atoms with Crippen molar-refractivity contribution in [3.05, 3.63) is 70.9 Å². The number of rotatable bonds is 3. The van der Waals surface area contributed by atoms with E-state index < -0.39 is 0 Å². The van der Waals surface area contributed by atoms with E-state index in [1.165, 1.54) is 4.68 Å². The molecule has 0 N–H and O–H groups in total. The van der Waals surface area contributed by atoms with Crippen LogP contribution < -0.4 is 5.56 Å². The third-order valence-corrected chi connectivity index (χ3v) is 4.94. The zero-order valence-electron chi connectivity index (χ0n) is 14.4. The average molecular weight is 348 g/mol. The van der Waals surface area contributed by atoms with Crippen molar-refractivity contribution in [2.75, 3.05) is 6.54 Å². The fourth-order valence-corrected chi connectivity index (χ4v) is 3.61. The number of aromatic nitrogens is 3. The summed E-state index contributed by atoms with van der Waals surface area (Å²) in [6.45, 7) is 0.654. The maximum atomic E-state index is 12.9. The first kappa shape index (κ1) is 16.4. The van der Waals surface area contributed by atoms with Crippen LogP contribution in [0.15, 0.2) is 59.8 Å². The highest BCUT2D eigenvalue weighted by Gasteiger charge is 2.28. The van der Waals surface area contributed by atoms with Crippen molar-refractivity contribution in [3.8, 4) is 0 Å². The topological polar surface area (TPSA) is 68.1 Å². The van der Waals surface area contributed by atoms with Crippen LogP contribution in [0, 0.1) is 0 Å². The zero-order chi connectivity index (χ0) is 17.9. The van der Waals surface area contributed by atoms with Gasteiger partial charge in [-0.05, 0) is 37.0 Å². The van der Waals surface area contributed by atoms with Gasteiger partial charge in [0, 0.05) is 24.3 Å². The molecule has 26 heavy (non-hydrogen) atoms. The SMILES string of the molecule is O=C(Cn1ncc2ccccc2c1=O)N1CCCC[C@H]1c1cccnc1. The summed E-state index contributed by atoms with van der Waals surface area (Å²) in [6.07, 6.45) is 8.16. The van der Waals surface area contributed by atoms with E-state index in [1.54, 1.807) is 18.5 Å². The molecule has 0 radical (unpaired) electrons. The Morgan fingerprint density at radius 2 is 2.00 bits per heavy atom. The van der Waals surface area contributed by atoms with Gasteiger partial charge < -0.3 is 4.90 Å². The summed E-state index contributed by atoms with van der Waals surface area (Å²) >= 11 is 0. The molecule has 1 fully saturated rings. The lowest BCUT2D eigenvalue weighted by Gasteiger charge is -2.36. The van der Waals surface area contributed by atoms with Crippen molar-refractivity contribution in [2.45, 2.75) is 31.8 Å². The van der Waals surface area contributed by atoms with Gasteiger partial charge in [0.15, 0.2) is 0 Å². The monoisotopic (exact) mass is 348 g/mol. The quantitative estimate of drug-likeness (QED) is 0.729. The highest BCUT2D eigenvalue weighted by atomic mass is 16.2. The normalized spacial score (nSPS) is 17.4. The minimum atomic E-state index is -0.230. The van der Waals surface area contributed by atoms with E-state index in [1.807, 2.05) is 41.4 Å². The molecule has 1 amide bonds. The first-order valence-electron chi connectivity index (χ1n) is 8.88. The van der Waals surface area contributed by atoms with Crippen LogP contribution in [0.1, 0.15) is 30.9 Å². The van der Waals surface area contributed by atoms with Gasteiger partial charge in [-0.15, -0.1) is 0 Å². The summed E-state index contributed by atoms with van der Waals surface area (Å²) in [5.74, 6) is -0.0802. The van der Waals surface area contributed by atoms with E-state index >= 15 is 0 Å². The van der Waals surface area contributed by atoms with Crippen molar-refractivity contribution in [1.82, 2.24) is 19.7 Å². The van der Waals surface area contributed by atoms with E-state index in [0.29, 0.717) is 11.9 Å². The van der Waals surface area contributed by atoms with Crippen LogP contribution in [0.4, 0.5) is 0 Å². The van der Waals surface area contributed by atoms with Gasteiger partial charge in [0.2, 0.25) is 5.91 Å². The van der Waals surface area contributed by atoms with Crippen molar-refractivity contribution in [1.29, 1.82) is 0 Å². The number of hydrogen-bond acceptors (Lipinski definition) is 4. The van der Waals surface area contributed by atoms with Gasteiger partial charge in [-0.25, -0.2) is 4.68 Å². The van der Waals surface area contributed by atoms with Crippen LogP contribution >= 0.6 is 0 Å². The molecule has 132 valence electrons. The Labute approximate surface area is 151 Å². The predicted molar refractivity (Wildman–Crippen MR) is 98.5 cm³/mol. The van der Waals surface area contributed by atoms with Gasteiger partial charge >= 0.3 is 0 Å². The smallest absolute Gasteiger partial charge is 0.275 e. The predicted octanol–water partition coefficient (Wildman–Crippen LogP) is 2.55. The molecular weight excluding hydrogens is 328 g/mol. The molecule has 3 aromatic rings. The van der Waals surface area contributed by atoms with Gasteiger partial charge in [0.25, 0.3) is 5.56 Å². The van der Waals surface area contributed by atoms with Crippen molar-refractivity contribution < 1.29 is 4.79 Å². The van der Waals surface area contributed by atoms with Gasteiger partial charge in [-0.1, -0.05) is 24.3 Å². The highest BCUT2D eigenvalue weighted by molar-refractivity contribution is 5.81. The number of nitrogens with zero attached hydrogens (tertiary/aromatic N) is 4. The fourth-order valence-electron chi connectivity index (χ4n) is 3.61. The molecule has 1 aromatic carbocycles. The summed E-state index contributed by atoms with van der Waals surface area (Å²) < 4.78 is 1.26. The lowest BCUT2D eigenvalue weighted by molar-refractivity contribution is -0.136. The maximum Gasteiger partial charge on any atom is 0.275 e. The van der Waals surface area contributed by atoms with Crippen LogP contribution in [0.2, 0.25) is 0 Å². The average Bonchev–Trinajstić information content (AvgIpc) is 2.71. The number of fused-ring (bicyclic) bond motifs is 1. The van der Waals surface area contributed by atoms with Gasteiger partial charge in [-0.3, -0.25) is 14.6 Å². The van der Waals surface area contributed by atoms with Crippen LogP contribution in [-0.4, -0.2) is 32.1 Å². The molecule has 1 aliphatic rings. The molecule has 1 atom stereocenters. The van der Waals surface area contributed by atoms with Crippen molar-refractivity contribution in [2.24, 2.45) is 0 Å². The Hall–Kier alpha value is -3.02. The van der Waals surface area contributed by atoms with Crippen molar-refractivity contribution >= 4 is 16.7 Å². The van der Waals surface area contributed by atoms with Crippen LogP contribution in [0.25, 0.3) is 10.8 Å². The minimum absolute atomic E-state index is 0.0149. The molecule has 0 aliphatic carbocycles. The van der Waals surface area contributed by atoms with Gasteiger partial charge in [-0.2, -0.15) is 5.10 Å². The molecular formula is C20H20N4O2. The molecule has 3 heterocycles. The van der Waals surface area contributed by atoms with E-state index in [9.17, 15) is 9.59 Å². The summed E-state index contributed by atoms with van der Waals surface area (Å²) in [4.78, 5) is 31.6. The van der Waals surface area contributed by atoms with Gasteiger partial charge in [0.1, 0.15) is 6.54 Å². The van der Waals surface area contributed by atoms with Crippen LogP contribution in [-0.2, 0) is 11.3 Å². The largest absolute Gasteiger partial charge is 0.334 e. The third-order valence-electron chi connectivity index (χ3n) is 4.94. The molecule has 0 bridgehead atoms. The summed E-state index contributed by atoms with van der Waals surface area (Å²) in [5, 5.41) is 5.55. The number of pyridine rings is 1. The maximum absolute atomic E-state index is 12.9. The van der Waals surface area contributed by atoms with Crippen molar-refractivity contribution in [3.63, 3.8) is 0 Å². The van der Waals surface area contributed by atoms with E-state index in [-0.39, 0.29) is 24.1 Å². The first-order valence-corrected chi connectivity index (χ1v) is 8.88. The lowest BCUT2D eigenvalue weighted by atomic mass is 9.96. The summed E-state index contributed by atoms with van der Waals surface area (Å²) in [6, 6.07) is 11.2. The van der Waals surface area contributed by atoms with E-state index in [4.69, 9.17) is 0 Å². The first-order chi connectivity index (χ1) is 12.7. The number of benzene rings is 1. The van der Waals surface area contributed by atoms with Gasteiger partial charge in [0.05, 0.1) is 17.6 Å². The molecule has 4 rings (SSSR count). The highest BCUT2D eigenvalue weighted by Crippen LogP contribution is 2.30. The summed E-state index contributed by atoms with van der Waals surface area (Å²) in [7, 11) is 0. The number of hydrogen-bond donors (Lipinski definition) is 0. The lowest BCUT2D eigenvalue weighted by Crippen LogP contribution is -2.42.